The van der Waals surface area contributed by atoms with Crippen molar-refractivity contribution in [3.8, 4) is 11.5 Å². The van der Waals surface area contributed by atoms with Crippen molar-refractivity contribution in [2.24, 2.45) is 0 Å². The maximum Gasteiger partial charge on any atom is 0.340 e. The van der Waals surface area contributed by atoms with Crippen LogP contribution in [-0.4, -0.2) is 40.1 Å². The van der Waals surface area contributed by atoms with E-state index in [1.165, 1.54) is 0 Å². The monoisotopic (exact) mass is 551 g/mol. The lowest BCUT2D eigenvalue weighted by Gasteiger charge is -2.37. The smallest absolute Gasteiger partial charge is 0.340 e. The normalized spacial score (nSPS) is 12.7. The van der Waals surface area contributed by atoms with Crippen LogP contribution in [0.5, 0.6) is 11.5 Å². The first-order chi connectivity index (χ1) is 18.8. The first-order valence-electron chi connectivity index (χ1n) is 13.5. The van der Waals surface area contributed by atoms with E-state index in [0.29, 0.717) is 39.3 Å². The molecule has 1 atom stereocenters. The summed E-state index contributed by atoms with van der Waals surface area (Å²) in [7, 11) is 10.0. The van der Waals surface area contributed by atoms with Crippen molar-refractivity contribution < 1.29 is 19.1 Å². The van der Waals surface area contributed by atoms with Crippen molar-refractivity contribution >= 4 is 32.6 Å². The van der Waals surface area contributed by atoms with Gasteiger partial charge in [0.05, 0.1) is 5.56 Å². The van der Waals surface area contributed by atoms with Gasteiger partial charge in [-0.1, -0.05) is 41.5 Å². The number of amides is 1. The van der Waals surface area contributed by atoms with E-state index in [2.05, 4.69) is 14.5 Å². The van der Waals surface area contributed by atoms with Crippen LogP contribution in [0.15, 0.2) is 54.6 Å². The van der Waals surface area contributed by atoms with Gasteiger partial charge in [-0.2, -0.15) is 0 Å². The van der Waals surface area contributed by atoms with E-state index in [-0.39, 0.29) is 5.91 Å². The van der Waals surface area contributed by atoms with Gasteiger partial charge in [0.1, 0.15) is 11.5 Å². The Kier molecular flexibility index (Phi) is 10.9. The SMILES string of the molecule is CC.CC.CC.CN(C)c1ccc2c(c1)Oc1cc(N(C)C)ccc1C21OC(=O)c2ccc(C(=O)NP)cc21. The number of rotatable bonds is 3. The van der Waals surface area contributed by atoms with Crippen LogP contribution in [0.4, 0.5) is 11.4 Å². The molecule has 1 spiro atoms. The van der Waals surface area contributed by atoms with Crippen LogP contribution in [0.2, 0.25) is 0 Å². The molecule has 2 aliphatic heterocycles. The molecular weight excluding hydrogens is 509 g/mol. The van der Waals surface area contributed by atoms with Crippen LogP contribution in [-0.2, 0) is 10.3 Å². The summed E-state index contributed by atoms with van der Waals surface area (Å²) in [5.41, 5.74) is 3.62. The Bertz CT molecular complexity index is 1260. The highest BCUT2D eigenvalue weighted by Crippen LogP contribution is 2.57. The molecular formula is C31H42N3O4P. The largest absolute Gasteiger partial charge is 0.456 e. The fourth-order valence-corrected chi connectivity index (χ4v) is 4.65. The van der Waals surface area contributed by atoms with Crippen LogP contribution in [0.3, 0.4) is 0 Å². The van der Waals surface area contributed by atoms with E-state index in [9.17, 15) is 9.59 Å². The highest BCUT2D eigenvalue weighted by molar-refractivity contribution is 7.15. The summed E-state index contributed by atoms with van der Waals surface area (Å²) >= 11 is 0. The predicted octanol–water partition coefficient (Wildman–Crippen LogP) is 6.99. The van der Waals surface area contributed by atoms with E-state index in [1.807, 2.05) is 116 Å². The summed E-state index contributed by atoms with van der Waals surface area (Å²) in [5, 5.41) is 2.57. The molecule has 0 fully saturated rings. The zero-order valence-electron chi connectivity index (χ0n) is 24.8. The number of anilines is 2. The van der Waals surface area contributed by atoms with Crippen molar-refractivity contribution in [2.45, 2.75) is 47.1 Å². The van der Waals surface area contributed by atoms with Gasteiger partial charge in [-0.3, -0.25) is 4.79 Å². The molecule has 1 amide bonds. The van der Waals surface area contributed by atoms with E-state index < -0.39 is 11.6 Å². The molecule has 3 aromatic carbocycles. The second kappa shape index (κ2) is 13.5. The third kappa shape index (κ3) is 5.60. The minimum atomic E-state index is -1.22. The van der Waals surface area contributed by atoms with Gasteiger partial charge in [0.25, 0.3) is 5.91 Å². The molecule has 3 aromatic rings. The lowest BCUT2D eigenvalue weighted by atomic mass is 9.77. The molecule has 7 nitrogen and oxygen atoms in total. The summed E-state index contributed by atoms with van der Waals surface area (Å²) in [6.45, 7) is 12.0. The second-order valence-corrected chi connectivity index (χ2v) is 8.85. The second-order valence-electron chi connectivity index (χ2n) is 8.56. The Balaban J connectivity index is 0.000000833. The number of esters is 1. The number of nitrogens with one attached hydrogen (secondary N) is 1. The van der Waals surface area contributed by atoms with Gasteiger partial charge in [0, 0.05) is 74.0 Å². The fourth-order valence-electron chi connectivity index (χ4n) is 4.48. The number of nitrogens with zero attached hydrogens (tertiary/aromatic N) is 2. The maximum atomic E-state index is 13.1. The fraction of sp³-hybridized carbons (Fsp3) is 0.355. The summed E-state index contributed by atoms with van der Waals surface area (Å²) in [5.74, 6) is 0.503. The van der Waals surface area contributed by atoms with Crippen molar-refractivity contribution in [1.29, 1.82) is 0 Å². The third-order valence-corrected chi connectivity index (χ3v) is 6.46. The maximum absolute atomic E-state index is 13.1. The van der Waals surface area contributed by atoms with E-state index in [4.69, 9.17) is 9.47 Å². The molecule has 0 radical (unpaired) electrons. The average Bonchev–Trinajstić information content (AvgIpc) is 3.27. The third-order valence-electron chi connectivity index (χ3n) is 6.20. The van der Waals surface area contributed by atoms with Gasteiger partial charge < -0.3 is 24.4 Å². The summed E-state index contributed by atoms with van der Waals surface area (Å²) in [6, 6.07) is 16.7. The van der Waals surface area contributed by atoms with Crippen LogP contribution in [0, 0.1) is 0 Å². The van der Waals surface area contributed by atoms with Crippen LogP contribution in [0.25, 0.3) is 0 Å². The number of carbonyl (C=O) groups excluding carboxylic acids is 2. The van der Waals surface area contributed by atoms with Gasteiger partial charge in [-0.05, 0) is 51.9 Å². The van der Waals surface area contributed by atoms with Crippen LogP contribution < -0.4 is 19.6 Å². The average molecular weight is 552 g/mol. The highest BCUT2D eigenvalue weighted by Gasteiger charge is 2.53. The molecule has 0 saturated heterocycles. The molecule has 0 saturated carbocycles. The Morgan fingerprint density at radius 1 is 0.744 bits per heavy atom. The molecule has 0 bridgehead atoms. The molecule has 210 valence electrons. The van der Waals surface area contributed by atoms with Crippen molar-refractivity contribution in [1.82, 2.24) is 5.09 Å². The molecule has 1 N–H and O–H groups in total. The zero-order chi connectivity index (χ0) is 29.5. The molecule has 8 heteroatoms. The Morgan fingerprint density at radius 2 is 1.23 bits per heavy atom. The quantitative estimate of drug-likeness (QED) is 0.280. The van der Waals surface area contributed by atoms with Gasteiger partial charge in [-0.25, -0.2) is 4.79 Å². The number of hydrogen-bond acceptors (Lipinski definition) is 6. The lowest BCUT2D eigenvalue weighted by Crippen LogP contribution is -2.33. The zero-order valence-corrected chi connectivity index (χ0v) is 26.0. The first kappa shape index (κ1) is 31.6. The van der Waals surface area contributed by atoms with Crippen molar-refractivity contribution in [2.75, 3.05) is 38.0 Å². The molecule has 0 aromatic heterocycles. The number of ether oxygens (including phenoxy) is 2. The first-order valence-corrected chi connectivity index (χ1v) is 14.0. The standard InChI is InChI=1S/C25H24N3O4P.3C2H6/c1-27(2)15-6-9-18-21(12-15)31-22-13-16(28(3)4)7-10-19(22)25(18)20-11-14(23(29)26-33)5-8-17(20)24(30)32-25;3*1-2/h5-13H,33H2,1-4H3,(H,26,29);3*1-2H3. The predicted molar refractivity (Wildman–Crippen MR) is 165 cm³/mol. The molecule has 2 aliphatic rings. The van der Waals surface area contributed by atoms with Crippen LogP contribution in [0.1, 0.15) is 78.9 Å². The van der Waals surface area contributed by atoms with Gasteiger partial charge in [0.2, 0.25) is 0 Å². The van der Waals surface area contributed by atoms with Gasteiger partial charge in [0.15, 0.2) is 5.60 Å². The van der Waals surface area contributed by atoms with E-state index in [1.54, 1.807) is 18.2 Å². The summed E-state index contributed by atoms with van der Waals surface area (Å²) < 4.78 is 12.6. The Morgan fingerprint density at radius 3 is 1.67 bits per heavy atom. The number of fused-ring (bicyclic) bond motifs is 6. The van der Waals surface area contributed by atoms with E-state index >= 15 is 0 Å². The minimum Gasteiger partial charge on any atom is -0.456 e. The van der Waals surface area contributed by atoms with Gasteiger partial charge in [-0.15, -0.1) is 0 Å². The van der Waals surface area contributed by atoms with Gasteiger partial charge >= 0.3 is 5.97 Å². The minimum absolute atomic E-state index is 0.268. The van der Waals surface area contributed by atoms with Crippen LogP contribution >= 0.6 is 9.39 Å². The summed E-state index contributed by atoms with van der Waals surface area (Å²) in [6.07, 6.45) is 0. The van der Waals surface area contributed by atoms with E-state index in [0.717, 1.165) is 11.4 Å². The highest BCUT2D eigenvalue weighted by atomic mass is 31.0. The molecule has 1 unspecified atom stereocenters. The van der Waals surface area contributed by atoms with Crippen molar-refractivity contribution in [3.63, 3.8) is 0 Å². The summed E-state index contributed by atoms with van der Waals surface area (Å²) in [4.78, 5) is 29.4. The van der Waals surface area contributed by atoms with Crippen molar-refractivity contribution in [3.05, 3.63) is 82.4 Å². The molecule has 0 aliphatic carbocycles. The topological polar surface area (TPSA) is 71.1 Å². The lowest BCUT2D eigenvalue weighted by molar-refractivity contribution is 0.0224. The molecule has 39 heavy (non-hydrogen) atoms. The molecule has 5 rings (SSSR count). The number of hydrogen-bond donors (Lipinski definition) is 1. The Labute approximate surface area is 235 Å². The number of benzene rings is 3. The molecule has 2 heterocycles. The Hall–Kier alpha value is -3.57. The number of carbonyl (C=O) groups is 2.